The van der Waals surface area contributed by atoms with Gasteiger partial charge in [0.05, 0.1) is 5.41 Å². The van der Waals surface area contributed by atoms with Crippen LogP contribution in [0.4, 0.5) is 0 Å². The van der Waals surface area contributed by atoms with Crippen molar-refractivity contribution in [3.63, 3.8) is 0 Å². The molecular weight excluding hydrogens is 330 g/mol. The van der Waals surface area contributed by atoms with Crippen molar-refractivity contribution in [3.8, 4) is 0 Å². The molecule has 0 radical (unpaired) electrons. The summed E-state index contributed by atoms with van der Waals surface area (Å²) >= 11 is 6.16. The van der Waals surface area contributed by atoms with Crippen LogP contribution >= 0.6 is 11.6 Å². The summed E-state index contributed by atoms with van der Waals surface area (Å²) in [5, 5.41) is 18.0. The van der Waals surface area contributed by atoms with Gasteiger partial charge in [-0.3, -0.25) is 4.79 Å². The van der Waals surface area contributed by atoms with E-state index in [-0.39, 0.29) is 5.91 Å². The molecule has 4 rings (SSSR count). The molecule has 1 aromatic heterocycles. The molecule has 126 valence electrons. The van der Waals surface area contributed by atoms with Crippen molar-refractivity contribution in [1.29, 1.82) is 0 Å². The maximum atomic E-state index is 13.3. The number of halogens is 1. The van der Waals surface area contributed by atoms with Crippen molar-refractivity contribution in [1.82, 2.24) is 25.9 Å². The van der Waals surface area contributed by atoms with Crippen molar-refractivity contribution in [2.75, 3.05) is 13.2 Å². The Morgan fingerprint density at radius 3 is 2.67 bits per heavy atom. The Balaban J connectivity index is 1.66. The van der Waals surface area contributed by atoms with E-state index in [0.717, 1.165) is 18.4 Å². The normalized spacial score (nSPS) is 21.2. The number of carbonyl (C=O) groups is 1. The van der Waals surface area contributed by atoms with Crippen molar-refractivity contribution >= 4 is 17.5 Å². The maximum Gasteiger partial charge on any atom is 0.231 e. The summed E-state index contributed by atoms with van der Waals surface area (Å²) in [6.45, 7) is 1.10. The molecule has 1 aromatic carbocycles. The minimum absolute atomic E-state index is 0.0182. The second kappa shape index (κ2) is 5.82. The van der Waals surface area contributed by atoms with Crippen molar-refractivity contribution in [3.05, 3.63) is 40.7 Å². The van der Waals surface area contributed by atoms with Crippen molar-refractivity contribution in [2.24, 2.45) is 0 Å². The van der Waals surface area contributed by atoms with Crippen LogP contribution in [0.25, 0.3) is 0 Å². The molecular formula is C16H18ClN5O2. The first kappa shape index (κ1) is 15.5. The van der Waals surface area contributed by atoms with Gasteiger partial charge in [-0.05, 0) is 43.4 Å². The van der Waals surface area contributed by atoms with Crippen LogP contribution in [0.15, 0.2) is 24.3 Å². The number of nitrogens with zero attached hydrogens (tertiary/aromatic N) is 3. The number of benzene rings is 1. The minimum Gasteiger partial charge on any atom is -0.381 e. The molecule has 0 unspecified atom stereocenters. The average molecular weight is 348 g/mol. The summed E-state index contributed by atoms with van der Waals surface area (Å²) in [4.78, 5) is 13.3. The Labute approximate surface area is 144 Å². The van der Waals surface area contributed by atoms with Gasteiger partial charge in [-0.1, -0.05) is 28.9 Å². The number of hydrogen-bond acceptors (Lipinski definition) is 5. The van der Waals surface area contributed by atoms with Crippen molar-refractivity contribution < 1.29 is 9.53 Å². The monoisotopic (exact) mass is 347 g/mol. The molecule has 1 saturated carbocycles. The van der Waals surface area contributed by atoms with E-state index < -0.39 is 11.0 Å². The Morgan fingerprint density at radius 1 is 1.25 bits per heavy atom. The lowest BCUT2D eigenvalue weighted by atomic mass is 9.73. The van der Waals surface area contributed by atoms with Crippen LogP contribution < -0.4 is 5.32 Å². The SMILES string of the molecule is O=C(NC1(c2nn[nH]n2)CC1)C1(c2cccc(Cl)c2)CCOCC1. The van der Waals surface area contributed by atoms with Crippen LogP contribution in [-0.2, 0) is 20.5 Å². The zero-order valence-corrected chi connectivity index (χ0v) is 13.8. The van der Waals surface area contributed by atoms with Crippen molar-refractivity contribution in [2.45, 2.75) is 36.6 Å². The fourth-order valence-corrected chi connectivity index (χ4v) is 3.57. The third-order valence-electron chi connectivity index (χ3n) is 5.03. The van der Waals surface area contributed by atoms with Crippen LogP contribution in [-0.4, -0.2) is 39.7 Å². The number of rotatable bonds is 4. The lowest BCUT2D eigenvalue weighted by Gasteiger charge is -2.37. The molecule has 2 aliphatic rings. The second-order valence-electron chi connectivity index (χ2n) is 6.48. The highest BCUT2D eigenvalue weighted by Gasteiger charge is 2.53. The van der Waals surface area contributed by atoms with Gasteiger partial charge < -0.3 is 10.1 Å². The highest BCUT2D eigenvalue weighted by atomic mass is 35.5. The first-order valence-electron chi connectivity index (χ1n) is 8.05. The molecule has 1 aliphatic carbocycles. The first-order chi connectivity index (χ1) is 11.6. The van der Waals surface area contributed by atoms with Gasteiger partial charge in [-0.25, -0.2) is 0 Å². The third-order valence-corrected chi connectivity index (χ3v) is 5.27. The topological polar surface area (TPSA) is 92.8 Å². The molecule has 24 heavy (non-hydrogen) atoms. The summed E-state index contributed by atoms with van der Waals surface area (Å²) in [6.07, 6.45) is 2.89. The van der Waals surface area contributed by atoms with Gasteiger partial charge >= 0.3 is 0 Å². The van der Waals surface area contributed by atoms with E-state index in [4.69, 9.17) is 16.3 Å². The number of carbonyl (C=O) groups excluding carboxylic acids is 1. The molecule has 2 heterocycles. The Hall–Kier alpha value is -1.99. The summed E-state index contributed by atoms with van der Waals surface area (Å²) in [5.41, 5.74) is -0.198. The quantitative estimate of drug-likeness (QED) is 0.878. The fourth-order valence-electron chi connectivity index (χ4n) is 3.38. The summed E-state index contributed by atoms with van der Waals surface area (Å²) in [6, 6.07) is 7.54. The van der Waals surface area contributed by atoms with Gasteiger partial charge in [-0.2, -0.15) is 5.21 Å². The Kier molecular flexibility index (Phi) is 3.77. The van der Waals surface area contributed by atoms with Crippen LogP contribution in [0.1, 0.15) is 37.1 Å². The number of H-pyrrole nitrogens is 1. The molecule has 2 aromatic rings. The predicted octanol–water partition coefficient (Wildman–Crippen LogP) is 1.71. The molecule has 0 atom stereocenters. The molecule has 0 spiro atoms. The molecule has 0 bridgehead atoms. The molecule has 2 fully saturated rings. The zero-order chi connectivity index (χ0) is 16.6. The smallest absolute Gasteiger partial charge is 0.231 e. The number of nitrogens with one attached hydrogen (secondary N) is 2. The molecule has 7 nitrogen and oxygen atoms in total. The molecule has 1 saturated heterocycles. The Morgan fingerprint density at radius 2 is 2.04 bits per heavy atom. The number of aromatic amines is 1. The van der Waals surface area contributed by atoms with E-state index in [0.29, 0.717) is 36.9 Å². The van der Waals surface area contributed by atoms with E-state index in [9.17, 15) is 4.79 Å². The van der Waals surface area contributed by atoms with Gasteiger partial charge in [0.15, 0.2) is 5.82 Å². The predicted molar refractivity (Wildman–Crippen MR) is 86.4 cm³/mol. The van der Waals surface area contributed by atoms with Crippen LogP contribution in [0.3, 0.4) is 0 Å². The summed E-state index contributed by atoms with van der Waals surface area (Å²) in [5.74, 6) is 0.527. The lowest BCUT2D eigenvalue weighted by Crippen LogP contribution is -2.51. The van der Waals surface area contributed by atoms with Gasteiger partial charge in [0.25, 0.3) is 0 Å². The van der Waals surface area contributed by atoms with E-state index in [1.54, 1.807) is 0 Å². The molecule has 2 N–H and O–H groups in total. The summed E-state index contributed by atoms with van der Waals surface area (Å²) < 4.78 is 5.49. The maximum absolute atomic E-state index is 13.3. The second-order valence-corrected chi connectivity index (χ2v) is 6.91. The number of hydrogen-bond donors (Lipinski definition) is 2. The van der Waals surface area contributed by atoms with E-state index in [1.165, 1.54) is 0 Å². The van der Waals surface area contributed by atoms with E-state index in [2.05, 4.69) is 25.9 Å². The largest absolute Gasteiger partial charge is 0.381 e. The standard InChI is InChI=1S/C16H18ClN5O2/c17-12-3-1-2-11(10-12)15(6-8-24-9-7-15)14(23)18-16(4-5-16)13-19-21-22-20-13/h1-3,10H,4-9H2,(H,18,23)(H,19,20,21,22). The zero-order valence-electron chi connectivity index (χ0n) is 13.1. The first-order valence-corrected chi connectivity index (χ1v) is 8.43. The fraction of sp³-hybridized carbons (Fsp3) is 0.500. The number of tetrazole rings is 1. The minimum atomic E-state index is -0.636. The van der Waals surface area contributed by atoms with Crippen LogP contribution in [0.5, 0.6) is 0 Å². The number of aromatic nitrogens is 4. The lowest BCUT2D eigenvalue weighted by molar-refractivity contribution is -0.131. The molecule has 1 amide bonds. The molecule has 8 heteroatoms. The number of amides is 1. The van der Waals surface area contributed by atoms with Gasteiger partial charge in [0.1, 0.15) is 5.54 Å². The van der Waals surface area contributed by atoms with Gasteiger partial charge in [-0.15, -0.1) is 10.2 Å². The van der Waals surface area contributed by atoms with Crippen LogP contribution in [0, 0.1) is 0 Å². The number of ether oxygens (including phenoxy) is 1. The van der Waals surface area contributed by atoms with Crippen LogP contribution in [0.2, 0.25) is 5.02 Å². The Bertz CT molecular complexity index is 739. The average Bonchev–Trinajstić information content (AvgIpc) is 3.16. The molecule has 1 aliphatic heterocycles. The highest BCUT2D eigenvalue weighted by Crippen LogP contribution is 2.45. The van der Waals surface area contributed by atoms with E-state index >= 15 is 0 Å². The third kappa shape index (κ3) is 2.57. The summed E-state index contributed by atoms with van der Waals surface area (Å²) in [7, 11) is 0. The highest BCUT2D eigenvalue weighted by molar-refractivity contribution is 6.30. The van der Waals surface area contributed by atoms with Gasteiger partial charge in [0, 0.05) is 18.2 Å². The van der Waals surface area contributed by atoms with Gasteiger partial charge in [0.2, 0.25) is 5.91 Å². The van der Waals surface area contributed by atoms with E-state index in [1.807, 2.05) is 24.3 Å².